The molecule has 0 bridgehead atoms. The topological polar surface area (TPSA) is 112 Å². The number of aromatic nitrogens is 3. The summed E-state index contributed by atoms with van der Waals surface area (Å²) < 4.78 is 7.31. The third-order valence-corrected chi connectivity index (χ3v) is 4.86. The molecule has 0 radical (unpaired) electrons. The minimum atomic E-state index is -0.678. The van der Waals surface area contributed by atoms with Gasteiger partial charge in [0.15, 0.2) is 5.78 Å². The zero-order valence-corrected chi connectivity index (χ0v) is 15.8. The number of rotatable bonds is 3. The van der Waals surface area contributed by atoms with Crippen LogP contribution in [0.2, 0.25) is 0 Å². The molecule has 0 aliphatic heterocycles. The maximum Gasteiger partial charge on any atom is 0.332 e. The number of methoxy groups -OCH3 is 1. The van der Waals surface area contributed by atoms with Crippen molar-refractivity contribution >= 4 is 28.3 Å². The molecule has 0 saturated heterocycles. The summed E-state index contributed by atoms with van der Waals surface area (Å²) in [6.07, 6.45) is 2.36. The lowest BCUT2D eigenvalue weighted by Crippen LogP contribution is -2.38. The Kier molecular flexibility index (Phi) is 4.15. The van der Waals surface area contributed by atoms with Gasteiger partial charge < -0.3 is 10.1 Å². The molecule has 0 unspecified atom stereocenters. The van der Waals surface area contributed by atoms with Crippen molar-refractivity contribution in [3.8, 4) is 5.75 Å². The zero-order valence-electron chi connectivity index (χ0n) is 15.8. The average molecular weight is 392 g/mol. The first-order valence-corrected chi connectivity index (χ1v) is 8.64. The van der Waals surface area contributed by atoms with Crippen LogP contribution in [0.1, 0.15) is 20.7 Å². The Labute approximate surface area is 163 Å². The number of pyridine rings is 1. The van der Waals surface area contributed by atoms with Gasteiger partial charge in [-0.3, -0.25) is 23.5 Å². The molecular weight excluding hydrogens is 376 g/mol. The van der Waals surface area contributed by atoms with Gasteiger partial charge in [-0.05, 0) is 12.1 Å². The molecule has 1 aliphatic rings. The summed E-state index contributed by atoms with van der Waals surface area (Å²) >= 11 is 0. The van der Waals surface area contributed by atoms with Crippen molar-refractivity contribution in [3.63, 3.8) is 0 Å². The maximum atomic E-state index is 13.0. The normalized spacial score (nSPS) is 13.3. The Balaban J connectivity index is 1.91. The van der Waals surface area contributed by atoms with Crippen molar-refractivity contribution in [1.82, 2.24) is 14.1 Å². The van der Waals surface area contributed by atoms with Crippen LogP contribution in [0.5, 0.6) is 5.75 Å². The van der Waals surface area contributed by atoms with Crippen LogP contribution in [-0.2, 0) is 14.1 Å². The minimum Gasteiger partial charge on any atom is -0.495 e. The fraction of sp³-hybridized carbons (Fsp3) is 0.150. The molecule has 146 valence electrons. The number of allylic oxidation sites excluding steroid dienone is 2. The standard InChI is InChI=1S/C20H16N4O5/c1-23-18-16(19(27)24(2)20(23)28)15-10(9-21-18)17(26)12(8-13(15)25)22-11-6-4-5-7-14(11)29-3/h4-9,22H,1-3H3. The van der Waals surface area contributed by atoms with E-state index in [4.69, 9.17) is 4.74 Å². The summed E-state index contributed by atoms with van der Waals surface area (Å²) in [4.78, 5) is 54.8. The highest BCUT2D eigenvalue weighted by atomic mass is 16.5. The van der Waals surface area contributed by atoms with E-state index in [1.54, 1.807) is 24.3 Å². The molecule has 0 amide bonds. The highest BCUT2D eigenvalue weighted by molar-refractivity contribution is 6.28. The van der Waals surface area contributed by atoms with E-state index < -0.39 is 22.8 Å². The molecule has 1 N–H and O–H groups in total. The molecule has 0 saturated carbocycles. The number of nitrogens with one attached hydrogen (secondary N) is 1. The predicted octanol–water partition coefficient (Wildman–Crippen LogP) is 1.02. The summed E-state index contributed by atoms with van der Waals surface area (Å²) in [5, 5.41) is 2.86. The largest absolute Gasteiger partial charge is 0.495 e. The van der Waals surface area contributed by atoms with Crippen molar-refractivity contribution in [2.45, 2.75) is 0 Å². The number of aryl methyl sites for hydroxylation is 1. The second-order valence-corrected chi connectivity index (χ2v) is 6.53. The van der Waals surface area contributed by atoms with Crippen LogP contribution in [-0.4, -0.2) is 32.8 Å². The summed E-state index contributed by atoms with van der Waals surface area (Å²) in [7, 11) is 4.25. The number of fused-ring (bicyclic) bond motifs is 3. The first kappa shape index (κ1) is 18.4. The lowest BCUT2D eigenvalue weighted by atomic mass is 9.92. The Morgan fingerprint density at radius 2 is 1.76 bits per heavy atom. The van der Waals surface area contributed by atoms with Crippen LogP contribution in [0.25, 0.3) is 11.0 Å². The summed E-state index contributed by atoms with van der Waals surface area (Å²) in [6, 6.07) is 6.95. The number of hydrogen-bond acceptors (Lipinski definition) is 7. The molecule has 1 aliphatic carbocycles. The van der Waals surface area contributed by atoms with E-state index in [1.807, 2.05) is 0 Å². The highest BCUT2D eigenvalue weighted by Crippen LogP contribution is 2.29. The van der Waals surface area contributed by atoms with Crippen molar-refractivity contribution in [2.75, 3.05) is 12.4 Å². The number of ketones is 2. The molecule has 0 spiro atoms. The second kappa shape index (κ2) is 6.55. The molecule has 0 fully saturated rings. The number of carbonyl (C=O) groups is 2. The number of ether oxygens (including phenoxy) is 1. The minimum absolute atomic E-state index is 0.00172. The number of carbonyl (C=O) groups excluding carboxylic acids is 2. The third-order valence-electron chi connectivity index (χ3n) is 4.86. The molecule has 4 rings (SSSR count). The average Bonchev–Trinajstić information content (AvgIpc) is 2.73. The van der Waals surface area contributed by atoms with E-state index in [2.05, 4.69) is 10.3 Å². The van der Waals surface area contributed by atoms with E-state index in [-0.39, 0.29) is 27.9 Å². The summed E-state index contributed by atoms with van der Waals surface area (Å²) in [5.41, 5.74) is -0.707. The number of nitrogens with zero attached hydrogens (tertiary/aromatic N) is 3. The van der Waals surface area contributed by atoms with Gasteiger partial charge in [-0.2, -0.15) is 0 Å². The number of hydrogen-bond donors (Lipinski definition) is 1. The van der Waals surface area contributed by atoms with Crippen LogP contribution in [0.3, 0.4) is 0 Å². The van der Waals surface area contributed by atoms with E-state index in [0.717, 1.165) is 10.6 Å². The Bertz CT molecular complexity index is 1360. The van der Waals surface area contributed by atoms with E-state index in [0.29, 0.717) is 11.4 Å². The van der Waals surface area contributed by atoms with Gasteiger partial charge in [0.05, 0.1) is 35.0 Å². The Morgan fingerprint density at radius 1 is 1.03 bits per heavy atom. The summed E-state index contributed by atoms with van der Waals surface area (Å²) in [6.45, 7) is 0. The molecule has 29 heavy (non-hydrogen) atoms. The van der Waals surface area contributed by atoms with Gasteiger partial charge in [-0.15, -0.1) is 0 Å². The van der Waals surface area contributed by atoms with Gasteiger partial charge in [0.2, 0.25) is 5.78 Å². The molecule has 2 heterocycles. The number of Topliss-reactive ketones (excluding diaryl/α,β-unsaturated/α-hetero) is 1. The molecule has 1 aromatic carbocycles. The Morgan fingerprint density at radius 3 is 2.48 bits per heavy atom. The highest BCUT2D eigenvalue weighted by Gasteiger charge is 2.30. The SMILES string of the molecule is COc1ccccc1NC1=CC(=O)c2c(cnc3c2c(=O)n(C)c(=O)n3C)C1=O. The van der Waals surface area contributed by atoms with Crippen LogP contribution in [0.15, 0.2) is 51.8 Å². The van der Waals surface area contributed by atoms with E-state index in [1.165, 1.54) is 32.0 Å². The fourth-order valence-electron chi connectivity index (χ4n) is 3.36. The maximum absolute atomic E-state index is 13.0. The van der Waals surface area contributed by atoms with Crippen molar-refractivity contribution < 1.29 is 14.3 Å². The van der Waals surface area contributed by atoms with Gasteiger partial charge in [0.1, 0.15) is 11.4 Å². The molecule has 2 aromatic heterocycles. The van der Waals surface area contributed by atoms with Gasteiger partial charge in [-0.1, -0.05) is 12.1 Å². The van der Waals surface area contributed by atoms with Crippen LogP contribution in [0.4, 0.5) is 5.69 Å². The Hall–Kier alpha value is -4.01. The van der Waals surface area contributed by atoms with Crippen LogP contribution in [0, 0.1) is 0 Å². The van der Waals surface area contributed by atoms with Crippen molar-refractivity contribution in [3.05, 3.63) is 74.2 Å². The fourth-order valence-corrected chi connectivity index (χ4v) is 3.36. The molecule has 9 nitrogen and oxygen atoms in total. The number of benzene rings is 1. The van der Waals surface area contributed by atoms with Crippen molar-refractivity contribution in [2.24, 2.45) is 14.1 Å². The molecule has 0 atom stereocenters. The quantitative estimate of drug-likeness (QED) is 0.708. The van der Waals surface area contributed by atoms with Gasteiger partial charge in [0.25, 0.3) is 5.56 Å². The number of anilines is 1. The smallest absolute Gasteiger partial charge is 0.332 e. The van der Waals surface area contributed by atoms with Gasteiger partial charge in [0, 0.05) is 26.4 Å². The molecule has 9 heteroatoms. The third kappa shape index (κ3) is 2.66. The lowest BCUT2D eigenvalue weighted by Gasteiger charge is -2.19. The molecule has 3 aromatic rings. The van der Waals surface area contributed by atoms with Gasteiger partial charge >= 0.3 is 5.69 Å². The van der Waals surface area contributed by atoms with E-state index in [9.17, 15) is 19.2 Å². The first-order chi connectivity index (χ1) is 13.8. The van der Waals surface area contributed by atoms with Crippen LogP contribution < -0.4 is 21.3 Å². The van der Waals surface area contributed by atoms with Gasteiger partial charge in [-0.25, -0.2) is 9.78 Å². The predicted molar refractivity (Wildman–Crippen MR) is 106 cm³/mol. The second-order valence-electron chi connectivity index (χ2n) is 6.53. The lowest BCUT2D eigenvalue weighted by molar-refractivity contribution is 0.0986. The monoisotopic (exact) mass is 392 g/mol. The van der Waals surface area contributed by atoms with E-state index >= 15 is 0 Å². The molecular formula is C20H16N4O5. The zero-order chi connectivity index (χ0) is 20.9. The first-order valence-electron chi connectivity index (χ1n) is 8.64. The summed E-state index contributed by atoms with van der Waals surface area (Å²) in [5.74, 6) is -0.518. The van der Waals surface area contributed by atoms with Crippen molar-refractivity contribution in [1.29, 1.82) is 0 Å². The number of para-hydroxylation sites is 2. The van der Waals surface area contributed by atoms with Crippen LogP contribution >= 0.6 is 0 Å².